The molecule has 0 bridgehead atoms. The van der Waals surface area contributed by atoms with Crippen molar-refractivity contribution in [3.05, 3.63) is 102 Å². The molecule has 0 radical (unpaired) electrons. The molecule has 0 fully saturated rings. The third kappa shape index (κ3) is 6.05. The lowest BCUT2D eigenvalue weighted by atomic mass is 9.95. The summed E-state index contributed by atoms with van der Waals surface area (Å²) in [7, 11) is 1.53. The van der Waals surface area contributed by atoms with Crippen LogP contribution in [0.5, 0.6) is 11.5 Å². The van der Waals surface area contributed by atoms with Crippen LogP contribution in [0.15, 0.2) is 70.1 Å². The first-order valence-electron chi connectivity index (χ1n) is 12.7. The van der Waals surface area contributed by atoms with E-state index in [-0.39, 0.29) is 27.3 Å². The fraction of sp³-hybridized carbons (Fsp3) is 0.300. The number of esters is 1. The number of nitrogens with zero attached hydrogens (tertiary/aromatic N) is 2. The molecule has 2 heterocycles. The van der Waals surface area contributed by atoms with E-state index < -0.39 is 23.4 Å². The van der Waals surface area contributed by atoms with Gasteiger partial charge >= 0.3 is 5.97 Å². The highest BCUT2D eigenvalue weighted by Crippen LogP contribution is 2.36. The van der Waals surface area contributed by atoms with Gasteiger partial charge in [0, 0.05) is 5.56 Å². The van der Waals surface area contributed by atoms with Crippen molar-refractivity contribution >= 4 is 35.0 Å². The number of methoxy groups -OCH3 is 1. The molecule has 0 aliphatic carbocycles. The van der Waals surface area contributed by atoms with Crippen LogP contribution in [0.25, 0.3) is 6.08 Å². The molecule has 4 rings (SSSR count). The zero-order valence-electron chi connectivity index (χ0n) is 22.7. The van der Waals surface area contributed by atoms with Gasteiger partial charge in [-0.3, -0.25) is 9.36 Å². The molecule has 0 saturated heterocycles. The molecule has 0 amide bonds. The van der Waals surface area contributed by atoms with Crippen molar-refractivity contribution in [1.29, 1.82) is 0 Å². The molecule has 1 atom stereocenters. The van der Waals surface area contributed by atoms with E-state index in [1.807, 2.05) is 0 Å². The van der Waals surface area contributed by atoms with Crippen molar-refractivity contribution in [1.82, 2.24) is 4.57 Å². The van der Waals surface area contributed by atoms with Gasteiger partial charge in [-0.1, -0.05) is 61.6 Å². The average Bonchev–Trinajstić information content (AvgIpc) is 3.22. The van der Waals surface area contributed by atoms with Gasteiger partial charge in [0.15, 0.2) is 16.3 Å². The van der Waals surface area contributed by atoms with Gasteiger partial charge in [-0.2, -0.15) is 0 Å². The minimum atomic E-state index is -0.884. The second-order valence-electron chi connectivity index (χ2n) is 9.55. The summed E-state index contributed by atoms with van der Waals surface area (Å²) in [6.45, 7) is 10.0. The fourth-order valence-corrected chi connectivity index (χ4v) is 5.51. The number of carbonyl (C=O) groups excluding carboxylic acids is 1. The number of aromatic nitrogens is 1. The standard InChI is InChI=1S/C30H30ClFN2O5S/c1-6-13-39-29(36)26-18(4)33-30-34(28(35)25(40-30)16-20-21(31)8-7-9-22(20)32)27(26)19-10-11-23(24(15-19)37-5)38-14-12-17(2)3/h6-11,15-17,27H,1,12-14H2,2-5H3/b25-16-. The number of hydrogen-bond donors (Lipinski definition) is 0. The van der Waals surface area contributed by atoms with E-state index in [1.165, 1.54) is 36.0 Å². The van der Waals surface area contributed by atoms with Crippen molar-refractivity contribution in [2.45, 2.75) is 33.2 Å². The maximum Gasteiger partial charge on any atom is 0.338 e. The quantitative estimate of drug-likeness (QED) is 0.242. The Morgan fingerprint density at radius 1 is 1.27 bits per heavy atom. The van der Waals surface area contributed by atoms with Crippen molar-refractivity contribution in [2.75, 3.05) is 20.3 Å². The summed E-state index contributed by atoms with van der Waals surface area (Å²) in [6, 6.07) is 8.70. The Balaban J connectivity index is 1.90. The second-order valence-corrected chi connectivity index (χ2v) is 11.0. The first-order valence-corrected chi connectivity index (χ1v) is 13.9. The predicted octanol–water partition coefficient (Wildman–Crippen LogP) is 5.19. The summed E-state index contributed by atoms with van der Waals surface area (Å²) in [5, 5.41) is 0.171. The zero-order chi connectivity index (χ0) is 29.0. The highest BCUT2D eigenvalue weighted by atomic mass is 35.5. The molecule has 1 aromatic heterocycles. The lowest BCUT2D eigenvalue weighted by Crippen LogP contribution is -2.40. The monoisotopic (exact) mass is 584 g/mol. The van der Waals surface area contributed by atoms with Gasteiger partial charge in [0.2, 0.25) is 0 Å². The summed E-state index contributed by atoms with van der Waals surface area (Å²) in [5.41, 5.74) is 0.819. The molecule has 1 aliphatic rings. The summed E-state index contributed by atoms with van der Waals surface area (Å²) < 4.78 is 33.1. The van der Waals surface area contributed by atoms with E-state index in [4.69, 9.17) is 25.8 Å². The highest BCUT2D eigenvalue weighted by Gasteiger charge is 2.34. The van der Waals surface area contributed by atoms with Crippen LogP contribution in [0.4, 0.5) is 4.39 Å². The summed E-state index contributed by atoms with van der Waals surface area (Å²) >= 11 is 7.30. The molecule has 0 saturated carbocycles. The Morgan fingerprint density at radius 3 is 2.73 bits per heavy atom. The molecule has 1 aliphatic heterocycles. The van der Waals surface area contributed by atoms with Gasteiger partial charge in [-0.05, 0) is 55.2 Å². The average molecular weight is 585 g/mol. The lowest BCUT2D eigenvalue weighted by Gasteiger charge is -2.25. The Morgan fingerprint density at radius 2 is 2.05 bits per heavy atom. The molecular weight excluding hydrogens is 555 g/mol. The molecule has 0 N–H and O–H groups in total. The SMILES string of the molecule is C=CCOC(=O)C1=C(C)N=c2s/c(=C\c3c(F)cccc3Cl)c(=O)n2C1c1ccc(OCCC(C)C)c(OC)c1. The van der Waals surface area contributed by atoms with E-state index in [0.717, 1.165) is 17.8 Å². The lowest BCUT2D eigenvalue weighted by molar-refractivity contribution is -0.138. The van der Waals surface area contributed by atoms with Crippen LogP contribution in [0.3, 0.4) is 0 Å². The maximum atomic E-state index is 14.5. The van der Waals surface area contributed by atoms with E-state index in [1.54, 1.807) is 31.2 Å². The number of rotatable bonds is 10. The number of hydrogen-bond acceptors (Lipinski definition) is 7. The summed E-state index contributed by atoms with van der Waals surface area (Å²) in [6.07, 6.45) is 3.73. The van der Waals surface area contributed by atoms with Gasteiger partial charge in [0.1, 0.15) is 12.4 Å². The molecule has 40 heavy (non-hydrogen) atoms. The maximum absolute atomic E-state index is 14.5. The van der Waals surface area contributed by atoms with Crippen LogP contribution in [-0.4, -0.2) is 30.9 Å². The smallest absolute Gasteiger partial charge is 0.338 e. The molecule has 7 nitrogen and oxygen atoms in total. The van der Waals surface area contributed by atoms with Gasteiger partial charge in [-0.15, -0.1) is 0 Å². The number of allylic oxidation sites excluding steroid dienone is 1. The summed E-state index contributed by atoms with van der Waals surface area (Å²) in [5.74, 6) is 0.286. The number of thiazole rings is 1. The van der Waals surface area contributed by atoms with E-state index in [9.17, 15) is 14.0 Å². The van der Waals surface area contributed by atoms with Gasteiger partial charge < -0.3 is 14.2 Å². The van der Waals surface area contributed by atoms with Crippen molar-refractivity contribution in [3.8, 4) is 11.5 Å². The number of ether oxygens (including phenoxy) is 3. The third-order valence-corrected chi connectivity index (χ3v) is 7.62. The number of fused-ring (bicyclic) bond motifs is 1. The Hall–Kier alpha value is -3.69. The van der Waals surface area contributed by atoms with Crippen LogP contribution in [0.1, 0.15) is 44.4 Å². The van der Waals surface area contributed by atoms with Crippen molar-refractivity contribution in [2.24, 2.45) is 10.9 Å². The van der Waals surface area contributed by atoms with Gasteiger partial charge in [-0.25, -0.2) is 14.2 Å². The highest BCUT2D eigenvalue weighted by molar-refractivity contribution is 7.07. The molecule has 10 heteroatoms. The van der Waals surface area contributed by atoms with Gasteiger partial charge in [0.05, 0.1) is 40.6 Å². The minimum Gasteiger partial charge on any atom is -0.493 e. The number of carbonyl (C=O) groups is 1. The third-order valence-electron chi connectivity index (χ3n) is 6.31. The molecule has 3 aromatic rings. The van der Waals surface area contributed by atoms with Crippen LogP contribution in [0, 0.1) is 11.7 Å². The fourth-order valence-electron chi connectivity index (χ4n) is 4.27. The molecule has 0 spiro atoms. The molecular formula is C30H30ClFN2O5S. The van der Waals surface area contributed by atoms with E-state index in [0.29, 0.717) is 40.1 Å². The number of benzene rings is 2. The number of halogens is 2. The van der Waals surface area contributed by atoms with E-state index >= 15 is 0 Å². The second kappa shape index (κ2) is 12.7. The van der Waals surface area contributed by atoms with Gasteiger partial charge in [0.25, 0.3) is 5.56 Å². The Bertz CT molecular complexity index is 1640. The Kier molecular flexibility index (Phi) is 9.27. The van der Waals surface area contributed by atoms with Crippen LogP contribution in [0.2, 0.25) is 5.02 Å². The van der Waals surface area contributed by atoms with Crippen LogP contribution < -0.4 is 24.4 Å². The van der Waals surface area contributed by atoms with Crippen molar-refractivity contribution in [3.63, 3.8) is 0 Å². The Labute approximate surface area is 240 Å². The minimum absolute atomic E-state index is 0.00944. The molecule has 210 valence electrons. The summed E-state index contributed by atoms with van der Waals surface area (Å²) in [4.78, 5) is 32.0. The zero-order valence-corrected chi connectivity index (χ0v) is 24.3. The van der Waals surface area contributed by atoms with Crippen LogP contribution in [-0.2, 0) is 9.53 Å². The van der Waals surface area contributed by atoms with Crippen LogP contribution >= 0.6 is 22.9 Å². The molecule has 2 aromatic carbocycles. The largest absolute Gasteiger partial charge is 0.493 e. The van der Waals surface area contributed by atoms with E-state index in [2.05, 4.69) is 25.4 Å². The topological polar surface area (TPSA) is 79.1 Å². The first kappa shape index (κ1) is 29.3. The first-order chi connectivity index (χ1) is 19.2. The normalized spacial score (nSPS) is 15.1. The predicted molar refractivity (Wildman–Crippen MR) is 154 cm³/mol. The van der Waals surface area contributed by atoms with Crippen molar-refractivity contribution < 1.29 is 23.4 Å². The molecule has 1 unspecified atom stereocenters.